The van der Waals surface area contributed by atoms with E-state index < -0.39 is 9.84 Å². The number of fused-ring (bicyclic) bond motifs is 2. The minimum absolute atomic E-state index is 0.209. The van der Waals surface area contributed by atoms with Crippen molar-refractivity contribution in [2.24, 2.45) is 0 Å². The third-order valence-corrected chi connectivity index (χ3v) is 5.71. The molecule has 1 aliphatic rings. The van der Waals surface area contributed by atoms with Gasteiger partial charge in [0.1, 0.15) is 0 Å². The highest BCUT2D eigenvalue weighted by molar-refractivity contribution is 7.90. The van der Waals surface area contributed by atoms with Crippen LogP contribution >= 0.6 is 0 Å². The predicted octanol–water partition coefficient (Wildman–Crippen LogP) is 3.71. The lowest BCUT2D eigenvalue weighted by Gasteiger charge is -2.21. The molecule has 0 aromatic heterocycles. The van der Waals surface area contributed by atoms with Crippen molar-refractivity contribution in [2.75, 3.05) is 19.8 Å². The molecule has 0 amide bonds. The summed E-state index contributed by atoms with van der Waals surface area (Å²) >= 11 is 0. The van der Waals surface area contributed by atoms with E-state index in [1.54, 1.807) is 6.07 Å². The largest absolute Gasteiger partial charge is 0.320 e. The van der Waals surface area contributed by atoms with Gasteiger partial charge in [-0.05, 0) is 60.8 Å². The SMILES string of the molecule is CNCCC[C@H]1c2ccccc2C=Cc2ccc(S(C)(=O)=O)cc21. The molecular weight excluding hydrogens is 318 g/mol. The first-order valence-corrected chi connectivity index (χ1v) is 10.2. The number of rotatable bonds is 5. The summed E-state index contributed by atoms with van der Waals surface area (Å²) in [6, 6.07) is 13.9. The zero-order valence-corrected chi connectivity index (χ0v) is 14.9. The van der Waals surface area contributed by atoms with Crippen molar-refractivity contribution >= 4 is 22.0 Å². The van der Waals surface area contributed by atoms with Crippen molar-refractivity contribution in [3.63, 3.8) is 0 Å². The third-order valence-electron chi connectivity index (χ3n) is 4.60. The minimum Gasteiger partial charge on any atom is -0.320 e. The molecule has 0 spiro atoms. The Labute approximate surface area is 144 Å². The van der Waals surface area contributed by atoms with Crippen molar-refractivity contribution in [3.05, 3.63) is 64.7 Å². The van der Waals surface area contributed by atoms with Gasteiger partial charge in [-0.1, -0.05) is 42.5 Å². The molecule has 126 valence electrons. The normalized spacial score (nSPS) is 16.3. The van der Waals surface area contributed by atoms with Gasteiger partial charge in [0.2, 0.25) is 0 Å². The Morgan fingerprint density at radius 1 is 1.00 bits per heavy atom. The first-order valence-electron chi connectivity index (χ1n) is 8.26. The second-order valence-corrected chi connectivity index (χ2v) is 8.34. The molecule has 0 bridgehead atoms. The van der Waals surface area contributed by atoms with E-state index in [4.69, 9.17) is 0 Å². The smallest absolute Gasteiger partial charge is 0.175 e. The number of nitrogens with one attached hydrogen (secondary N) is 1. The van der Waals surface area contributed by atoms with Gasteiger partial charge in [0, 0.05) is 12.2 Å². The van der Waals surface area contributed by atoms with Crippen LogP contribution in [0.15, 0.2) is 47.4 Å². The summed E-state index contributed by atoms with van der Waals surface area (Å²) in [4.78, 5) is 0.396. The van der Waals surface area contributed by atoms with Crippen LogP contribution in [0.25, 0.3) is 12.2 Å². The molecule has 0 saturated heterocycles. The zero-order chi connectivity index (χ0) is 17.2. The zero-order valence-electron chi connectivity index (χ0n) is 14.1. The van der Waals surface area contributed by atoms with Crippen molar-refractivity contribution < 1.29 is 8.42 Å². The van der Waals surface area contributed by atoms with Gasteiger partial charge in [0.15, 0.2) is 9.84 Å². The topological polar surface area (TPSA) is 46.2 Å². The van der Waals surface area contributed by atoms with Crippen molar-refractivity contribution in [1.29, 1.82) is 0 Å². The molecule has 1 atom stereocenters. The monoisotopic (exact) mass is 341 g/mol. The standard InChI is InChI=1S/C20H23NO2S/c1-21-13-5-8-19-18-7-4-3-6-15(18)9-10-16-11-12-17(14-20(16)19)24(2,22)23/h3-4,6-7,9-12,14,19,21H,5,8,13H2,1-2H3/t19-/m0/s1. The third kappa shape index (κ3) is 3.45. The van der Waals surface area contributed by atoms with Crippen LogP contribution in [0.5, 0.6) is 0 Å². The molecule has 2 aromatic carbocycles. The lowest BCUT2D eigenvalue weighted by Crippen LogP contribution is -2.11. The summed E-state index contributed by atoms with van der Waals surface area (Å²) in [5.41, 5.74) is 4.70. The lowest BCUT2D eigenvalue weighted by molar-refractivity contribution is 0.600. The molecule has 4 heteroatoms. The average Bonchev–Trinajstić information content (AvgIpc) is 2.71. The molecule has 24 heavy (non-hydrogen) atoms. The number of benzene rings is 2. The molecule has 0 radical (unpaired) electrons. The summed E-state index contributed by atoms with van der Waals surface area (Å²) in [6.45, 7) is 0.952. The second kappa shape index (κ2) is 6.91. The summed E-state index contributed by atoms with van der Waals surface area (Å²) in [5.74, 6) is 0.209. The Morgan fingerprint density at radius 2 is 1.71 bits per heavy atom. The van der Waals surface area contributed by atoms with Gasteiger partial charge >= 0.3 is 0 Å². The van der Waals surface area contributed by atoms with Crippen LogP contribution in [0.4, 0.5) is 0 Å². The summed E-state index contributed by atoms with van der Waals surface area (Å²) in [6.07, 6.45) is 7.52. The van der Waals surface area contributed by atoms with Crippen LogP contribution in [-0.2, 0) is 9.84 Å². The highest BCUT2D eigenvalue weighted by atomic mass is 32.2. The van der Waals surface area contributed by atoms with E-state index in [1.165, 1.54) is 17.4 Å². The number of hydrogen-bond donors (Lipinski definition) is 1. The van der Waals surface area contributed by atoms with Gasteiger partial charge in [-0.2, -0.15) is 0 Å². The maximum absolute atomic E-state index is 12.0. The first-order chi connectivity index (χ1) is 11.5. The van der Waals surface area contributed by atoms with Crippen molar-refractivity contribution in [3.8, 4) is 0 Å². The lowest BCUT2D eigenvalue weighted by atomic mass is 9.84. The minimum atomic E-state index is -3.21. The first kappa shape index (κ1) is 16.9. The molecule has 0 saturated carbocycles. The maximum atomic E-state index is 12.0. The van der Waals surface area contributed by atoms with E-state index in [9.17, 15) is 8.42 Å². The van der Waals surface area contributed by atoms with Gasteiger partial charge in [0.25, 0.3) is 0 Å². The molecular formula is C20H23NO2S. The van der Waals surface area contributed by atoms with Crippen LogP contribution < -0.4 is 5.32 Å². The fourth-order valence-electron chi connectivity index (χ4n) is 3.36. The van der Waals surface area contributed by atoms with Crippen LogP contribution in [-0.4, -0.2) is 28.3 Å². The van der Waals surface area contributed by atoms with Gasteiger partial charge < -0.3 is 5.32 Å². The molecule has 0 unspecified atom stereocenters. The Bertz CT molecular complexity index is 869. The number of sulfone groups is 1. The average molecular weight is 341 g/mol. The van der Waals surface area contributed by atoms with Gasteiger partial charge in [-0.15, -0.1) is 0 Å². The van der Waals surface area contributed by atoms with E-state index in [2.05, 4.69) is 35.7 Å². The molecule has 3 nitrogen and oxygen atoms in total. The molecule has 0 fully saturated rings. The Kier molecular flexibility index (Phi) is 4.88. The van der Waals surface area contributed by atoms with Crippen LogP contribution in [0.3, 0.4) is 0 Å². The fraction of sp³-hybridized carbons (Fsp3) is 0.300. The maximum Gasteiger partial charge on any atom is 0.175 e. The summed E-state index contributed by atoms with van der Waals surface area (Å²) in [7, 11) is -1.25. The summed E-state index contributed by atoms with van der Waals surface area (Å²) in [5, 5.41) is 3.19. The highest BCUT2D eigenvalue weighted by Crippen LogP contribution is 2.38. The van der Waals surface area contributed by atoms with Crippen molar-refractivity contribution in [2.45, 2.75) is 23.7 Å². The predicted molar refractivity (Wildman–Crippen MR) is 99.9 cm³/mol. The molecule has 0 heterocycles. The van der Waals surface area contributed by atoms with E-state index >= 15 is 0 Å². The fourth-order valence-corrected chi connectivity index (χ4v) is 4.01. The number of hydrogen-bond acceptors (Lipinski definition) is 3. The van der Waals surface area contributed by atoms with E-state index in [0.717, 1.165) is 30.5 Å². The second-order valence-electron chi connectivity index (χ2n) is 6.32. The van der Waals surface area contributed by atoms with E-state index in [1.807, 2.05) is 25.2 Å². The van der Waals surface area contributed by atoms with E-state index in [0.29, 0.717) is 4.90 Å². The molecule has 1 aliphatic carbocycles. The Balaban J connectivity index is 2.13. The van der Waals surface area contributed by atoms with E-state index in [-0.39, 0.29) is 5.92 Å². The highest BCUT2D eigenvalue weighted by Gasteiger charge is 2.22. The quantitative estimate of drug-likeness (QED) is 0.844. The van der Waals surface area contributed by atoms with Crippen LogP contribution in [0.1, 0.15) is 41.0 Å². The molecule has 0 aliphatic heterocycles. The summed E-state index contributed by atoms with van der Waals surface area (Å²) < 4.78 is 24.0. The Hall–Kier alpha value is -1.91. The van der Waals surface area contributed by atoms with Gasteiger partial charge in [-0.25, -0.2) is 8.42 Å². The van der Waals surface area contributed by atoms with Crippen LogP contribution in [0, 0.1) is 0 Å². The molecule has 2 aromatic rings. The van der Waals surface area contributed by atoms with Gasteiger partial charge in [-0.3, -0.25) is 0 Å². The molecule has 3 rings (SSSR count). The Morgan fingerprint density at radius 3 is 2.42 bits per heavy atom. The van der Waals surface area contributed by atoms with Gasteiger partial charge in [0.05, 0.1) is 4.90 Å². The molecule has 1 N–H and O–H groups in total. The van der Waals surface area contributed by atoms with Crippen molar-refractivity contribution in [1.82, 2.24) is 5.32 Å². The van der Waals surface area contributed by atoms with Crippen LogP contribution in [0.2, 0.25) is 0 Å².